The van der Waals surface area contributed by atoms with Crippen LogP contribution in [0.4, 0.5) is 0 Å². The third kappa shape index (κ3) is 2.78. The minimum absolute atomic E-state index is 0.0141. The molecule has 0 aromatic carbocycles. The quantitative estimate of drug-likeness (QED) is 0.608. The topological polar surface area (TPSA) is 31.2 Å². The van der Waals surface area contributed by atoms with Crippen LogP contribution in [0.25, 0.3) is 0 Å². The summed E-state index contributed by atoms with van der Waals surface area (Å²) in [5.74, 6) is 0.736. The molecule has 2 heterocycles. The van der Waals surface area contributed by atoms with Gasteiger partial charge in [-0.1, -0.05) is 0 Å². The fourth-order valence-electron chi connectivity index (χ4n) is 2.62. The van der Waals surface area contributed by atoms with Gasteiger partial charge in [-0.2, -0.15) is 0 Å². The van der Waals surface area contributed by atoms with Gasteiger partial charge in [0, 0.05) is 36.7 Å². The molecule has 0 N–H and O–H groups in total. The van der Waals surface area contributed by atoms with Crippen molar-refractivity contribution in [3.8, 4) is 0 Å². The van der Waals surface area contributed by atoms with Crippen molar-refractivity contribution < 1.29 is 9.53 Å². The lowest BCUT2D eigenvalue weighted by atomic mass is 10.1. The van der Waals surface area contributed by atoms with E-state index in [1.54, 1.807) is 0 Å². The molecule has 1 aromatic heterocycles. The highest BCUT2D eigenvalue weighted by molar-refractivity contribution is 6.30. The first-order chi connectivity index (χ1) is 8.63. The van der Waals surface area contributed by atoms with E-state index in [1.165, 1.54) is 0 Å². The second kappa shape index (κ2) is 5.89. The number of rotatable bonds is 5. The highest BCUT2D eigenvalue weighted by Crippen LogP contribution is 2.21. The van der Waals surface area contributed by atoms with E-state index in [0.717, 1.165) is 49.6 Å². The van der Waals surface area contributed by atoms with Crippen molar-refractivity contribution in [3.05, 3.63) is 23.0 Å². The Hall–Kier alpha value is -0.800. The summed E-state index contributed by atoms with van der Waals surface area (Å²) in [6.45, 7) is 6.78. The van der Waals surface area contributed by atoms with Gasteiger partial charge in [0.05, 0.1) is 5.88 Å². The molecule has 4 heteroatoms. The Morgan fingerprint density at radius 2 is 2.33 bits per heavy atom. The molecule has 3 nitrogen and oxygen atoms in total. The van der Waals surface area contributed by atoms with Gasteiger partial charge in [-0.15, -0.1) is 11.6 Å². The SMILES string of the molecule is Cc1cc(C(=O)CCl)c(C)n1CCC1CCOC1. The molecule has 0 saturated carbocycles. The third-order valence-electron chi connectivity index (χ3n) is 3.78. The molecule has 18 heavy (non-hydrogen) atoms. The van der Waals surface area contributed by atoms with Gasteiger partial charge in [-0.05, 0) is 38.7 Å². The van der Waals surface area contributed by atoms with E-state index < -0.39 is 0 Å². The van der Waals surface area contributed by atoms with Crippen molar-refractivity contribution in [2.24, 2.45) is 5.92 Å². The summed E-state index contributed by atoms with van der Waals surface area (Å²) in [6.07, 6.45) is 2.28. The molecule has 2 rings (SSSR count). The Balaban J connectivity index is 2.07. The fraction of sp³-hybridized carbons (Fsp3) is 0.643. The maximum Gasteiger partial charge on any atom is 0.179 e. The molecule has 0 radical (unpaired) electrons. The summed E-state index contributed by atoms with van der Waals surface area (Å²) >= 11 is 5.63. The number of ketones is 1. The highest BCUT2D eigenvalue weighted by atomic mass is 35.5. The van der Waals surface area contributed by atoms with Crippen molar-refractivity contribution in [1.29, 1.82) is 0 Å². The molecule has 1 unspecified atom stereocenters. The van der Waals surface area contributed by atoms with E-state index in [1.807, 2.05) is 19.9 Å². The van der Waals surface area contributed by atoms with Crippen LogP contribution >= 0.6 is 11.6 Å². The number of Topliss-reactive ketones (excluding diaryl/α,β-unsaturated/α-hetero) is 1. The lowest BCUT2D eigenvalue weighted by Gasteiger charge is -2.12. The van der Waals surface area contributed by atoms with Crippen LogP contribution in [-0.2, 0) is 11.3 Å². The van der Waals surface area contributed by atoms with Crippen LogP contribution in [0.3, 0.4) is 0 Å². The van der Waals surface area contributed by atoms with Crippen LogP contribution in [0.15, 0.2) is 6.07 Å². The zero-order valence-electron chi connectivity index (χ0n) is 11.0. The summed E-state index contributed by atoms with van der Waals surface area (Å²) < 4.78 is 7.61. The van der Waals surface area contributed by atoms with Crippen molar-refractivity contribution >= 4 is 17.4 Å². The molecule has 1 saturated heterocycles. The van der Waals surface area contributed by atoms with Crippen LogP contribution in [0.1, 0.15) is 34.6 Å². The Kier molecular flexibility index (Phi) is 4.46. The number of carbonyl (C=O) groups excluding carboxylic acids is 1. The van der Waals surface area contributed by atoms with Crippen molar-refractivity contribution in [3.63, 3.8) is 0 Å². The first-order valence-electron chi connectivity index (χ1n) is 6.47. The van der Waals surface area contributed by atoms with Gasteiger partial charge < -0.3 is 9.30 Å². The monoisotopic (exact) mass is 269 g/mol. The highest BCUT2D eigenvalue weighted by Gasteiger charge is 2.18. The second-order valence-corrected chi connectivity index (χ2v) is 5.28. The predicted molar refractivity (Wildman–Crippen MR) is 72.5 cm³/mol. The van der Waals surface area contributed by atoms with Crippen molar-refractivity contribution in [2.45, 2.75) is 33.2 Å². The molecule has 0 amide bonds. The summed E-state index contributed by atoms with van der Waals surface area (Å²) in [5.41, 5.74) is 2.95. The molecule has 1 aliphatic heterocycles. The lowest BCUT2D eigenvalue weighted by molar-refractivity contribution is 0.102. The molecular formula is C14H20ClNO2. The number of alkyl halides is 1. The maximum absolute atomic E-state index is 11.7. The first-order valence-corrected chi connectivity index (χ1v) is 7.00. The number of hydrogen-bond donors (Lipinski definition) is 0. The molecule has 1 atom stereocenters. The van der Waals surface area contributed by atoms with Crippen LogP contribution in [0.5, 0.6) is 0 Å². The number of aromatic nitrogens is 1. The molecular weight excluding hydrogens is 250 g/mol. The maximum atomic E-state index is 11.7. The van der Waals surface area contributed by atoms with E-state index in [9.17, 15) is 4.79 Å². The molecule has 1 aliphatic rings. The van der Waals surface area contributed by atoms with E-state index in [2.05, 4.69) is 4.57 Å². The van der Waals surface area contributed by atoms with Crippen molar-refractivity contribution in [2.75, 3.05) is 19.1 Å². The number of aryl methyl sites for hydroxylation is 1. The van der Waals surface area contributed by atoms with Crippen LogP contribution in [0.2, 0.25) is 0 Å². The Morgan fingerprint density at radius 1 is 1.56 bits per heavy atom. The van der Waals surface area contributed by atoms with Crippen LogP contribution < -0.4 is 0 Å². The number of halogens is 1. The Morgan fingerprint density at radius 3 is 2.94 bits per heavy atom. The van der Waals surface area contributed by atoms with Gasteiger partial charge in [0.1, 0.15) is 0 Å². The summed E-state index contributed by atoms with van der Waals surface area (Å²) in [6, 6.07) is 1.95. The Labute approximate surface area is 113 Å². The van der Waals surface area contributed by atoms with Crippen LogP contribution in [-0.4, -0.2) is 29.4 Å². The molecule has 0 bridgehead atoms. The molecule has 100 valence electrons. The predicted octanol–water partition coefficient (Wildman–Crippen LogP) is 2.95. The summed E-state index contributed by atoms with van der Waals surface area (Å²) in [7, 11) is 0. The first kappa shape index (κ1) is 13.6. The average molecular weight is 270 g/mol. The van der Waals surface area contributed by atoms with Gasteiger partial charge >= 0.3 is 0 Å². The lowest BCUT2D eigenvalue weighted by Crippen LogP contribution is -2.10. The zero-order valence-corrected chi connectivity index (χ0v) is 11.8. The standard InChI is InChI=1S/C14H20ClNO2/c1-10-7-13(14(17)8-15)11(2)16(10)5-3-12-4-6-18-9-12/h7,12H,3-6,8-9H2,1-2H3. The molecule has 0 aliphatic carbocycles. The molecule has 1 aromatic rings. The fourth-order valence-corrected chi connectivity index (χ4v) is 2.77. The Bertz CT molecular complexity index is 433. The number of carbonyl (C=O) groups is 1. The van der Waals surface area contributed by atoms with Gasteiger partial charge in [0.2, 0.25) is 0 Å². The minimum Gasteiger partial charge on any atom is -0.381 e. The van der Waals surface area contributed by atoms with E-state index in [0.29, 0.717) is 5.92 Å². The smallest absolute Gasteiger partial charge is 0.179 e. The number of ether oxygens (including phenoxy) is 1. The average Bonchev–Trinajstić information content (AvgIpc) is 2.96. The summed E-state index contributed by atoms with van der Waals surface area (Å²) in [4.78, 5) is 11.7. The van der Waals surface area contributed by atoms with E-state index >= 15 is 0 Å². The molecule has 1 fully saturated rings. The largest absolute Gasteiger partial charge is 0.381 e. The van der Waals surface area contributed by atoms with Gasteiger partial charge in [-0.3, -0.25) is 4.79 Å². The van der Waals surface area contributed by atoms with Gasteiger partial charge in [-0.25, -0.2) is 0 Å². The molecule has 0 spiro atoms. The normalized spacial score (nSPS) is 19.4. The van der Waals surface area contributed by atoms with Gasteiger partial charge in [0.15, 0.2) is 5.78 Å². The van der Waals surface area contributed by atoms with E-state index in [4.69, 9.17) is 16.3 Å². The third-order valence-corrected chi connectivity index (χ3v) is 4.02. The number of hydrogen-bond acceptors (Lipinski definition) is 2. The van der Waals surface area contributed by atoms with Gasteiger partial charge in [0.25, 0.3) is 0 Å². The van der Waals surface area contributed by atoms with Crippen LogP contribution in [0, 0.1) is 19.8 Å². The summed E-state index contributed by atoms with van der Waals surface area (Å²) in [5, 5.41) is 0. The minimum atomic E-state index is 0.0141. The van der Waals surface area contributed by atoms with E-state index in [-0.39, 0.29) is 11.7 Å². The zero-order chi connectivity index (χ0) is 13.1. The second-order valence-electron chi connectivity index (χ2n) is 5.01. The van der Waals surface area contributed by atoms with Crippen molar-refractivity contribution in [1.82, 2.24) is 4.57 Å². The number of nitrogens with zero attached hydrogens (tertiary/aromatic N) is 1.